The SMILES string of the molecule is O=C1CO[C@@H](C(=O)c2ccccc2)C(=O)N1. The maximum absolute atomic E-state index is 11.8. The van der Waals surface area contributed by atoms with Gasteiger partial charge < -0.3 is 4.74 Å². The number of benzene rings is 1. The highest BCUT2D eigenvalue weighted by molar-refractivity contribution is 6.16. The van der Waals surface area contributed by atoms with Crippen LogP contribution in [0, 0.1) is 0 Å². The van der Waals surface area contributed by atoms with E-state index in [1.807, 2.05) is 0 Å². The Morgan fingerprint density at radius 1 is 1.25 bits per heavy atom. The first-order valence-electron chi connectivity index (χ1n) is 4.73. The average Bonchev–Trinajstić information content (AvgIpc) is 2.29. The molecule has 0 radical (unpaired) electrons. The second kappa shape index (κ2) is 4.24. The number of hydrogen-bond acceptors (Lipinski definition) is 4. The average molecular weight is 219 g/mol. The number of imide groups is 1. The van der Waals surface area contributed by atoms with Gasteiger partial charge in [0.2, 0.25) is 5.78 Å². The Hall–Kier alpha value is -2.01. The van der Waals surface area contributed by atoms with Crippen molar-refractivity contribution >= 4 is 17.6 Å². The van der Waals surface area contributed by atoms with Crippen molar-refractivity contribution in [3.05, 3.63) is 35.9 Å². The lowest BCUT2D eigenvalue weighted by atomic mass is 10.1. The van der Waals surface area contributed by atoms with Crippen LogP contribution in [-0.4, -0.2) is 30.3 Å². The predicted molar refractivity (Wildman–Crippen MR) is 53.7 cm³/mol. The number of hydrogen-bond donors (Lipinski definition) is 1. The third-order valence-corrected chi connectivity index (χ3v) is 2.18. The molecular formula is C11H9NO4. The van der Waals surface area contributed by atoms with Gasteiger partial charge in [-0.15, -0.1) is 0 Å². The van der Waals surface area contributed by atoms with Gasteiger partial charge in [0.15, 0.2) is 6.10 Å². The van der Waals surface area contributed by atoms with Gasteiger partial charge in [0.1, 0.15) is 6.61 Å². The van der Waals surface area contributed by atoms with Crippen LogP contribution < -0.4 is 5.32 Å². The van der Waals surface area contributed by atoms with Crippen LogP contribution in [0.2, 0.25) is 0 Å². The molecule has 1 aromatic rings. The highest BCUT2D eigenvalue weighted by atomic mass is 16.5. The minimum atomic E-state index is -1.22. The fraction of sp³-hybridized carbons (Fsp3) is 0.182. The lowest BCUT2D eigenvalue weighted by Crippen LogP contribution is -2.51. The van der Waals surface area contributed by atoms with Gasteiger partial charge in [0.25, 0.3) is 11.8 Å². The summed E-state index contributed by atoms with van der Waals surface area (Å²) in [4.78, 5) is 34.0. The summed E-state index contributed by atoms with van der Waals surface area (Å²) in [7, 11) is 0. The summed E-state index contributed by atoms with van der Waals surface area (Å²) in [5.41, 5.74) is 0.386. The van der Waals surface area contributed by atoms with Crippen LogP contribution in [0.5, 0.6) is 0 Å². The maximum atomic E-state index is 11.8. The minimum Gasteiger partial charge on any atom is -0.350 e. The predicted octanol–water partition coefficient (Wildman–Crippen LogP) is -0.0891. The molecule has 5 heteroatoms. The van der Waals surface area contributed by atoms with Crippen molar-refractivity contribution in [2.75, 3.05) is 6.61 Å². The number of morpholine rings is 1. The number of amides is 2. The summed E-state index contributed by atoms with van der Waals surface area (Å²) in [6.07, 6.45) is -1.22. The van der Waals surface area contributed by atoms with Crippen molar-refractivity contribution in [3.8, 4) is 0 Å². The van der Waals surface area contributed by atoms with Gasteiger partial charge in [0, 0.05) is 5.56 Å². The highest BCUT2D eigenvalue weighted by Gasteiger charge is 2.33. The first kappa shape index (κ1) is 10.5. The molecule has 82 valence electrons. The number of ether oxygens (including phenoxy) is 1. The minimum absolute atomic E-state index is 0.269. The van der Waals surface area contributed by atoms with E-state index in [2.05, 4.69) is 5.32 Å². The Kier molecular flexibility index (Phi) is 2.78. The van der Waals surface area contributed by atoms with Gasteiger partial charge in [-0.1, -0.05) is 30.3 Å². The van der Waals surface area contributed by atoms with Gasteiger partial charge in [-0.2, -0.15) is 0 Å². The monoisotopic (exact) mass is 219 g/mol. The van der Waals surface area contributed by atoms with E-state index < -0.39 is 23.7 Å². The van der Waals surface area contributed by atoms with Crippen LogP contribution in [-0.2, 0) is 14.3 Å². The van der Waals surface area contributed by atoms with E-state index in [0.717, 1.165) is 0 Å². The zero-order valence-electron chi connectivity index (χ0n) is 8.30. The molecule has 0 saturated carbocycles. The van der Waals surface area contributed by atoms with Crippen molar-refractivity contribution in [1.82, 2.24) is 5.32 Å². The first-order valence-corrected chi connectivity index (χ1v) is 4.73. The quantitative estimate of drug-likeness (QED) is 0.428. The Morgan fingerprint density at radius 3 is 2.56 bits per heavy atom. The van der Waals surface area contributed by atoms with Gasteiger partial charge in [0.05, 0.1) is 0 Å². The smallest absolute Gasteiger partial charge is 0.263 e. The van der Waals surface area contributed by atoms with E-state index in [0.29, 0.717) is 5.56 Å². The molecule has 16 heavy (non-hydrogen) atoms. The fourth-order valence-electron chi connectivity index (χ4n) is 1.42. The molecule has 1 N–H and O–H groups in total. The van der Waals surface area contributed by atoms with Gasteiger partial charge in [-0.05, 0) is 0 Å². The van der Waals surface area contributed by atoms with Crippen LogP contribution in [0.25, 0.3) is 0 Å². The lowest BCUT2D eigenvalue weighted by Gasteiger charge is -2.20. The summed E-state index contributed by atoms with van der Waals surface area (Å²) in [6.45, 7) is -0.269. The van der Waals surface area contributed by atoms with Gasteiger partial charge in [-0.3, -0.25) is 19.7 Å². The first-order chi connectivity index (χ1) is 7.68. The van der Waals surface area contributed by atoms with E-state index in [9.17, 15) is 14.4 Å². The Bertz CT molecular complexity index is 441. The van der Waals surface area contributed by atoms with E-state index in [-0.39, 0.29) is 6.61 Å². The molecule has 1 aromatic carbocycles. The number of carbonyl (C=O) groups excluding carboxylic acids is 3. The van der Waals surface area contributed by atoms with E-state index in [1.54, 1.807) is 30.3 Å². The van der Waals surface area contributed by atoms with Crippen LogP contribution in [0.15, 0.2) is 30.3 Å². The van der Waals surface area contributed by atoms with Crippen molar-refractivity contribution < 1.29 is 19.1 Å². The van der Waals surface area contributed by atoms with Gasteiger partial charge in [-0.25, -0.2) is 0 Å². The second-order valence-corrected chi connectivity index (χ2v) is 3.33. The topological polar surface area (TPSA) is 72.5 Å². The molecule has 1 fully saturated rings. The summed E-state index contributed by atoms with van der Waals surface area (Å²) in [5, 5.41) is 2.06. The van der Waals surface area contributed by atoms with Crippen LogP contribution in [0.1, 0.15) is 10.4 Å². The van der Waals surface area contributed by atoms with Crippen molar-refractivity contribution in [2.24, 2.45) is 0 Å². The Labute approximate surface area is 91.4 Å². The maximum Gasteiger partial charge on any atom is 0.263 e. The number of nitrogens with one attached hydrogen (secondary N) is 1. The van der Waals surface area contributed by atoms with Crippen LogP contribution in [0.3, 0.4) is 0 Å². The number of carbonyl (C=O) groups is 3. The third kappa shape index (κ3) is 1.99. The molecule has 1 heterocycles. The third-order valence-electron chi connectivity index (χ3n) is 2.18. The Morgan fingerprint density at radius 2 is 1.94 bits per heavy atom. The molecule has 2 amide bonds. The second-order valence-electron chi connectivity index (χ2n) is 3.33. The molecule has 0 unspecified atom stereocenters. The molecule has 0 bridgehead atoms. The standard InChI is InChI=1S/C11H9NO4/c13-8-6-16-10(11(15)12-8)9(14)7-4-2-1-3-5-7/h1-5,10H,6H2,(H,12,13,15)/t10-/m0/s1. The van der Waals surface area contributed by atoms with E-state index in [4.69, 9.17) is 4.74 Å². The molecule has 0 aromatic heterocycles. The number of Topliss-reactive ketones (excluding diaryl/α,β-unsaturated/α-hetero) is 1. The number of ketones is 1. The largest absolute Gasteiger partial charge is 0.350 e. The molecule has 1 saturated heterocycles. The molecule has 0 aliphatic carbocycles. The summed E-state index contributed by atoms with van der Waals surface area (Å²) in [6, 6.07) is 8.34. The molecule has 2 rings (SSSR count). The van der Waals surface area contributed by atoms with E-state index >= 15 is 0 Å². The van der Waals surface area contributed by atoms with Crippen LogP contribution in [0.4, 0.5) is 0 Å². The highest BCUT2D eigenvalue weighted by Crippen LogP contribution is 2.08. The van der Waals surface area contributed by atoms with Crippen molar-refractivity contribution in [1.29, 1.82) is 0 Å². The van der Waals surface area contributed by atoms with Gasteiger partial charge >= 0.3 is 0 Å². The zero-order valence-corrected chi connectivity index (χ0v) is 8.30. The summed E-state index contributed by atoms with van der Waals surface area (Å²) in [5.74, 6) is -1.67. The molecule has 1 aliphatic rings. The van der Waals surface area contributed by atoms with E-state index in [1.165, 1.54) is 0 Å². The molecule has 1 atom stereocenters. The number of rotatable bonds is 2. The molecule has 5 nitrogen and oxygen atoms in total. The molecular weight excluding hydrogens is 210 g/mol. The summed E-state index contributed by atoms with van der Waals surface area (Å²) < 4.78 is 4.91. The zero-order chi connectivity index (χ0) is 11.5. The summed E-state index contributed by atoms with van der Waals surface area (Å²) >= 11 is 0. The normalized spacial score (nSPS) is 20.4. The van der Waals surface area contributed by atoms with Crippen molar-refractivity contribution in [2.45, 2.75) is 6.10 Å². The molecule has 1 aliphatic heterocycles. The Balaban J connectivity index is 2.17. The van der Waals surface area contributed by atoms with Crippen molar-refractivity contribution in [3.63, 3.8) is 0 Å². The fourth-order valence-corrected chi connectivity index (χ4v) is 1.42. The van der Waals surface area contributed by atoms with Crippen LogP contribution >= 0.6 is 0 Å². The lowest BCUT2D eigenvalue weighted by molar-refractivity contribution is -0.146. The molecule has 0 spiro atoms.